The van der Waals surface area contributed by atoms with Crippen LogP contribution in [0.4, 0.5) is 0 Å². The van der Waals surface area contributed by atoms with Crippen LogP contribution in [-0.2, 0) is 9.68 Å². The molecule has 0 fully saturated rings. The van der Waals surface area contributed by atoms with E-state index < -0.39 is 0 Å². The lowest BCUT2D eigenvalue weighted by atomic mass is 10.1. The predicted octanol–water partition coefficient (Wildman–Crippen LogP) is 3.21. The van der Waals surface area contributed by atoms with Crippen LogP contribution in [0.3, 0.4) is 0 Å². The minimum Gasteiger partial charge on any atom is -0.399 e. The fourth-order valence-electron chi connectivity index (χ4n) is 1.23. The van der Waals surface area contributed by atoms with Gasteiger partial charge in [-0.1, -0.05) is 38.4 Å². The highest BCUT2D eigenvalue weighted by molar-refractivity contribution is 9.10. The van der Waals surface area contributed by atoms with Crippen molar-refractivity contribution in [2.75, 3.05) is 13.7 Å². The molecule has 0 unspecified atom stereocenters. The van der Waals surface area contributed by atoms with E-state index in [9.17, 15) is 0 Å². The predicted molar refractivity (Wildman–Crippen MR) is 72.4 cm³/mol. The minimum absolute atomic E-state index is 0.526. The second kappa shape index (κ2) is 7.06. The van der Waals surface area contributed by atoms with Crippen molar-refractivity contribution < 1.29 is 9.68 Å². The molecule has 0 aliphatic heterocycles. The Morgan fingerprint density at radius 3 is 2.41 bits per heavy atom. The topological polar surface area (TPSA) is 43.2 Å². The third-order valence-corrected chi connectivity index (χ3v) is 2.50. The standard InChI is InChI=1S/C12H15BrN2O2/c1-4-17-14-9(2)12(15-16-3)10-5-7-11(13)8-6-10/h5-8H,4H2,1-3H3/b14-9+,15-12-. The molecule has 92 valence electrons. The molecular weight excluding hydrogens is 284 g/mol. The molecule has 0 aromatic heterocycles. The number of rotatable bonds is 5. The van der Waals surface area contributed by atoms with Gasteiger partial charge < -0.3 is 9.68 Å². The molecule has 0 heterocycles. The van der Waals surface area contributed by atoms with Crippen LogP contribution in [0.1, 0.15) is 19.4 Å². The van der Waals surface area contributed by atoms with E-state index in [0.717, 1.165) is 10.0 Å². The van der Waals surface area contributed by atoms with Crippen LogP contribution >= 0.6 is 15.9 Å². The zero-order valence-electron chi connectivity index (χ0n) is 10.1. The van der Waals surface area contributed by atoms with Crippen molar-refractivity contribution in [3.05, 3.63) is 34.3 Å². The van der Waals surface area contributed by atoms with E-state index in [2.05, 4.69) is 26.2 Å². The van der Waals surface area contributed by atoms with Crippen molar-refractivity contribution >= 4 is 27.4 Å². The molecule has 0 saturated carbocycles. The van der Waals surface area contributed by atoms with Gasteiger partial charge in [-0.15, -0.1) is 0 Å². The smallest absolute Gasteiger partial charge is 0.134 e. The average molecular weight is 299 g/mol. The fourth-order valence-corrected chi connectivity index (χ4v) is 1.50. The molecule has 0 aliphatic carbocycles. The van der Waals surface area contributed by atoms with Crippen LogP contribution in [0.15, 0.2) is 39.0 Å². The summed E-state index contributed by atoms with van der Waals surface area (Å²) in [4.78, 5) is 9.84. The van der Waals surface area contributed by atoms with Gasteiger partial charge in [-0.2, -0.15) is 0 Å². The summed E-state index contributed by atoms with van der Waals surface area (Å²) in [7, 11) is 1.51. The maximum Gasteiger partial charge on any atom is 0.134 e. The lowest BCUT2D eigenvalue weighted by Crippen LogP contribution is -2.13. The SMILES string of the molecule is CCO/N=C(C)/C(=N/OC)c1ccc(Br)cc1. The molecule has 1 aromatic rings. The highest BCUT2D eigenvalue weighted by atomic mass is 79.9. The molecule has 4 nitrogen and oxygen atoms in total. The Morgan fingerprint density at radius 1 is 1.24 bits per heavy atom. The van der Waals surface area contributed by atoms with Crippen molar-refractivity contribution in [1.29, 1.82) is 0 Å². The van der Waals surface area contributed by atoms with Gasteiger partial charge in [-0.25, -0.2) is 0 Å². The van der Waals surface area contributed by atoms with Gasteiger partial charge >= 0.3 is 0 Å². The second-order valence-corrected chi connectivity index (χ2v) is 4.14. The van der Waals surface area contributed by atoms with Crippen molar-refractivity contribution in [2.24, 2.45) is 10.3 Å². The summed E-state index contributed by atoms with van der Waals surface area (Å²) >= 11 is 3.39. The maximum atomic E-state index is 5.01. The van der Waals surface area contributed by atoms with Crippen molar-refractivity contribution in [1.82, 2.24) is 0 Å². The quantitative estimate of drug-likeness (QED) is 0.619. The number of hydrogen-bond donors (Lipinski definition) is 0. The Kier molecular flexibility index (Phi) is 5.69. The summed E-state index contributed by atoms with van der Waals surface area (Å²) in [5, 5.41) is 7.92. The van der Waals surface area contributed by atoms with Crippen LogP contribution < -0.4 is 0 Å². The second-order valence-electron chi connectivity index (χ2n) is 3.22. The monoisotopic (exact) mass is 298 g/mol. The molecule has 0 atom stereocenters. The summed E-state index contributed by atoms with van der Waals surface area (Å²) in [5.74, 6) is 0. The fraction of sp³-hybridized carbons (Fsp3) is 0.333. The first-order valence-electron chi connectivity index (χ1n) is 5.23. The number of halogens is 1. The molecule has 1 rings (SSSR count). The van der Waals surface area contributed by atoms with Crippen LogP contribution in [0.2, 0.25) is 0 Å². The van der Waals surface area contributed by atoms with E-state index in [1.807, 2.05) is 38.1 Å². The number of benzene rings is 1. The van der Waals surface area contributed by atoms with Crippen LogP contribution in [-0.4, -0.2) is 25.1 Å². The summed E-state index contributed by atoms with van der Waals surface area (Å²) < 4.78 is 1.01. The Bertz CT molecular complexity index is 413. The summed E-state index contributed by atoms with van der Waals surface area (Å²) in [6.45, 7) is 4.23. The van der Waals surface area contributed by atoms with Gasteiger partial charge in [0.05, 0.1) is 0 Å². The zero-order valence-corrected chi connectivity index (χ0v) is 11.7. The van der Waals surface area contributed by atoms with E-state index in [1.54, 1.807) is 0 Å². The van der Waals surface area contributed by atoms with Gasteiger partial charge in [-0.05, 0) is 26.0 Å². The van der Waals surface area contributed by atoms with Gasteiger partial charge in [0.25, 0.3) is 0 Å². The Labute approximate surface area is 109 Å². The van der Waals surface area contributed by atoms with Gasteiger partial charge in [-0.3, -0.25) is 0 Å². The maximum absolute atomic E-state index is 5.01. The van der Waals surface area contributed by atoms with Crippen molar-refractivity contribution in [2.45, 2.75) is 13.8 Å². The molecule has 1 aromatic carbocycles. The molecule has 5 heteroatoms. The number of oxime groups is 2. The molecule has 0 saturated heterocycles. The molecule has 0 spiro atoms. The summed E-state index contributed by atoms with van der Waals surface area (Å²) in [6, 6.07) is 7.75. The highest BCUT2D eigenvalue weighted by Gasteiger charge is 2.09. The van der Waals surface area contributed by atoms with E-state index in [0.29, 0.717) is 18.0 Å². The molecule has 0 amide bonds. The lowest BCUT2D eigenvalue weighted by molar-refractivity contribution is 0.159. The first-order chi connectivity index (χ1) is 8.19. The Balaban J connectivity index is 3.01. The molecule has 0 radical (unpaired) electrons. The minimum atomic E-state index is 0.526. The molecular formula is C12H15BrN2O2. The first-order valence-corrected chi connectivity index (χ1v) is 6.02. The van der Waals surface area contributed by atoms with E-state index in [4.69, 9.17) is 9.68 Å². The van der Waals surface area contributed by atoms with Gasteiger partial charge in [0.1, 0.15) is 25.1 Å². The number of hydrogen-bond acceptors (Lipinski definition) is 4. The summed E-state index contributed by atoms with van der Waals surface area (Å²) in [6.07, 6.45) is 0. The van der Waals surface area contributed by atoms with E-state index >= 15 is 0 Å². The van der Waals surface area contributed by atoms with Gasteiger partial charge in [0, 0.05) is 10.0 Å². The Morgan fingerprint density at radius 2 is 1.88 bits per heavy atom. The van der Waals surface area contributed by atoms with Crippen LogP contribution in [0.5, 0.6) is 0 Å². The Hall–Kier alpha value is -1.36. The van der Waals surface area contributed by atoms with E-state index in [1.165, 1.54) is 7.11 Å². The van der Waals surface area contributed by atoms with Gasteiger partial charge in [0.2, 0.25) is 0 Å². The van der Waals surface area contributed by atoms with Crippen LogP contribution in [0, 0.1) is 0 Å². The van der Waals surface area contributed by atoms with Crippen LogP contribution in [0.25, 0.3) is 0 Å². The third kappa shape index (κ3) is 4.19. The highest BCUT2D eigenvalue weighted by Crippen LogP contribution is 2.12. The van der Waals surface area contributed by atoms with Gasteiger partial charge in [0.15, 0.2) is 0 Å². The van der Waals surface area contributed by atoms with E-state index in [-0.39, 0.29) is 0 Å². The third-order valence-electron chi connectivity index (χ3n) is 1.97. The summed E-state index contributed by atoms with van der Waals surface area (Å²) in [5.41, 5.74) is 2.26. The molecule has 0 bridgehead atoms. The lowest BCUT2D eigenvalue weighted by Gasteiger charge is -2.05. The van der Waals surface area contributed by atoms with Crippen molar-refractivity contribution in [3.8, 4) is 0 Å². The van der Waals surface area contributed by atoms with Crippen molar-refractivity contribution in [3.63, 3.8) is 0 Å². The number of nitrogens with zero attached hydrogens (tertiary/aromatic N) is 2. The largest absolute Gasteiger partial charge is 0.399 e. The average Bonchev–Trinajstić information content (AvgIpc) is 2.34. The molecule has 0 aliphatic rings. The first kappa shape index (κ1) is 13.7. The zero-order chi connectivity index (χ0) is 12.7. The normalized spacial score (nSPS) is 12.5. The molecule has 0 N–H and O–H groups in total. The molecule has 17 heavy (non-hydrogen) atoms.